The van der Waals surface area contributed by atoms with Gasteiger partial charge < -0.3 is 9.42 Å². The summed E-state index contributed by atoms with van der Waals surface area (Å²) < 4.78 is 32.8. The molecule has 0 bridgehead atoms. The molecule has 0 N–H and O–H groups in total. The molecule has 1 saturated heterocycles. The average Bonchev–Trinajstić information content (AvgIpc) is 2.86. The Kier molecular flexibility index (Phi) is 4.81. The van der Waals surface area contributed by atoms with E-state index in [1.54, 1.807) is 0 Å². The van der Waals surface area contributed by atoms with Gasteiger partial charge >= 0.3 is 6.01 Å². The molecule has 0 aromatic carbocycles. The topological polar surface area (TPSA) is 85.5 Å². The van der Waals surface area contributed by atoms with Gasteiger partial charge in [0.15, 0.2) is 5.82 Å². The molecule has 0 aliphatic carbocycles. The van der Waals surface area contributed by atoms with Crippen molar-refractivity contribution >= 4 is 16.1 Å². The Morgan fingerprint density at radius 2 is 1.91 bits per heavy atom. The first-order valence-electron chi connectivity index (χ1n) is 7.53. The molecule has 1 aromatic heterocycles. The van der Waals surface area contributed by atoms with Crippen LogP contribution in [0.15, 0.2) is 4.52 Å². The van der Waals surface area contributed by atoms with Gasteiger partial charge in [-0.3, -0.25) is 4.18 Å². The molecule has 1 atom stereocenters. The van der Waals surface area contributed by atoms with Gasteiger partial charge in [0.25, 0.3) is 10.1 Å². The molecule has 8 heteroatoms. The number of piperidine rings is 1. The molecule has 126 valence electrons. The summed E-state index contributed by atoms with van der Waals surface area (Å²) in [5, 5.41) is 4.03. The van der Waals surface area contributed by atoms with Crippen molar-refractivity contribution in [3.63, 3.8) is 0 Å². The van der Waals surface area contributed by atoms with Crippen molar-refractivity contribution in [2.75, 3.05) is 24.2 Å². The molecule has 2 heterocycles. The molecule has 22 heavy (non-hydrogen) atoms. The third kappa shape index (κ3) is 4.42. The van der Waals surface area contributed by atoms with Crippen LogP contribution in [0.2, 0.25) is 0 Å². The second-order valence-corrected chi connectivity index (χ2v) is 8.58. The highest BCUT2D eigenvalue weighted by Gasteiger charge is 2.29. The Bertz CT molecular complexity index is 598. The zero-order valence-electron chi connectivity index (χ0n) is 13.9. The fourth-order valence-electron chi connectivity index (χ4n) is 2.56. The number of anilines is 1. The quantitative estimate of drug-likeness (QED) is 0.779. The smallest absolute Gasteiger partial charge is 0.324 e. The lowest BCUT2D eigenvalue weighted by Gasteiger charge is -2.33. The van der Waals surface area contributed by atoms with Gasteiger partial charge in [-0.2, -0.15) is 13.4 Å². The molecular formula is C14H25N3O4S. The van der Waals surface area contributed by atoms with Crippen LogP contribution in [0.5, 0.6) is 0 Å². The van der Waals surface area contributed by atoms with E-state index in [1.165, 1.54) is 0 Å². The van der Waals surface area contributed by atoms with E-state index in [-0.39, 0.29) is 17.4 Å². The maximum Gasteiger partial charge on any atom is 0.324 e. The van der Waals surface area contributed by atoms with E-state index in [1.807, 2.05) is 32.6 Å². The molecule has 1 aromatic rings. The molecule has 0 amide bonds. The van der Waals surface area contributed by atoms with E-state index < -0.39 is 10.1 Å². The summed E-state index contributed by atoms with van der Waals surface area (Å²) in [6.45, 7) is 9.45. The van der Waals surface area contributed by atoms with Crippen molar-refractivity contribution in [2.24, 2.45) is 5.92 Å². The molecule has 1 fully saturated rings. The standard InChI is InChI=1S/C14H25N3O4S/c1-10(21-22(5,18)19)11-6-8-17(9-7-11)13-15-12(16-20-13)14(2,3)4/h10-11H,6-9H2,1-5H3/t10-/m1/s1. The van der Waals surface area contributed by atoms with Crippen LogP contribution < -0.4 is 4.90 Å². The molecule has 7 nitrogen and oxygen atoms in total. The number of aromatic nitrogens is 2. The van der Waals surface area contributed by atoms with Gasteiger partial charge in [0.1, 0.15) is 0 Å². The summed E-state index contributed by atoms with van der Waals surface area (Å²) in [5.74, 6) is 0.911. The van der Waals surface area contributed by atoms with Crippen LogP contribution in [0.25, 0.3) is 0 Å². The predicted molar refractivity (Wildman–Crippen MR) is 83.3 cm³/mol. The van der Waals surface area contributed by atoms with E-state index in [0.717, 1.165) is 32.2 Å². The third-order valence-electron chi connectivity index (χ3n) is 3.89. The third-order valence-corrected chi connectivity index (χ3v) is 4.54. The Balaban J connectivity index is 1.93. The first-order chi connectivity index (χ1) is 10.1. The molecule has 1 aliphatic heterocycles. The first-order valence-corrected chi connectivity index (χ1v) is 9.35. The van der Waals surface area contributed by atoms with Crippen molar-refractivity contribution in [1.82, 2.24) is 10.1 Å². The second-order valence-electron chi connectivity index (χ2n) is 6.98. The minimum atomic E-state index is -3.41. The number of hydrogen-bond donors (Lipinski definition) is 0. The maximum atomic E-state index is 11.2. The van der Waals surface area contributed by atoms with Crippen LogP contribution >= 0.6 is 0 Å². The van der Waals surface area contributed by atoms with Gasteiger partial charge in [-0.05, 0) is 25.7 Å². The Labute approximate surface area is 132 Å². The summed E-state index contributed by atoms with van der Waals surface area (Å²) in [4.78, 5) is 6.50. The highest BCUT2D eigenvalue weighted by atomic mass is 32.2. The van der Waals surface area contributed by atoms with E-state index in [9.17, 15) is 8.42 Å². The van der Waals surface area contributed by atoms with Crippen LogP contribution in [0.1, 0.15) is 46.4 Å². The summed E-state index contributed by atoms with van der Waals surface area (Å²) in [5.41, 5.74) is -0.141. The van der Waals surface area contributed by atoms with E-state index in [4.69, 9.17) is 8.71 Å². The second kappa shape index (κ2) is 6.16. The average molecular weight is 331 g/mol. The molecule has 2 rings (SSSR count). The first kappa shape index (κ1) is 17.2. The molecule has 0 spiro atoms. The number of rotatable bonds is 4. The number of hydrogen-bond acceptors (Lipinski definition) is 7. The molecule has 0 saturated carbocycles. The normalized spacial score (nSPS) is 19.4. The van der Waals surface area contributed by atoms with Gasteiger partial charge in [-0.25, -0.2) is 0 Å². The SMILES string of the molecule is C[C@@H](OS(C)(=O)=O)C1CCN(c2nc(C(C)(C)C)no2)CC1. The van der Waals surface area contributed by atoms with Gasteiger partial charge in [0.05, 0.1) is 12.4 Å². The van der Waals surface area contributed by atoms with Gasteiger partial charge in [-0.1, -0.05) is 25.9 Å². The van der Waals surface area contributed by atoms with E-state index in [0.29, 0.717) is 11.8 Å². The number of nitrogens with zero attached hydrogens (tertiary/aromatic N) is 3. The van der Waals surface area contributed by atoms with Crippen LogP contribution in [0.4, 0.5) is 6.01 Å². The van der Waals surface area contributed by atoms with Gasteiger partial charge in [0.2, 0.25) is 0 Å². The molecular weight excluding hydrogens is 306 g/mol. The zero-order chi connectivity index (χ0) is 16.5. The van der Waals surface area contributed by atoms with Gasteiger partial charge in [0, 0.05) is 18.5 Å². The van der Waals surface area contributed by atoms with Crippen LogP contribution in [0, 0.1) is 5.92 Å². The molecule has 0 unspecified atom stereocenters. The summed E-state index contributed by atoms with van der Waals surface area (Å²) in [7, 11) is -3.41. The minimum absolute atomic E-state index is 0.141. The van der Waals surface area contributed by atoms with Crippen LogP contribution in [-0.4, -0.2) is 44.0 Å². The monoisotopic (exact) mass is 331 g/mol. The summed E-state index contributed by atoms with van der Waals surface area (Å²) >= 11 is 0. The fraction of sp³-hybridized carbons (Fsp3) is 0.857. The zero-order valence-corrected chi connectivity index (χ0v) is 14.7. The highest BCUT2D eigenvalue weighted by Crippen LogP contribution is 2.28. The van der Waals surface area contributed by atoms with Crippen molar-refractivity contribution in [3.8, 4) is 0 Å². The molecule has 1 aliphatic rings. The fourth-order valence-corrected chi connectivity index (χ4v) is 3.27. The summed E-state index contributed by atoms with van der Waals surface area (Å²) in [6.07, 6.45) is 2.46. The Hall–Kier alpha value is -1.15. The van der Waals surface area contributed by atoms with E-state index >= 15 is 0 Å². The lowest BCUT2D eigenvalue weighted by Crippen LogP contribution is -2.38. The van der Waals surface area contributed by atoms with Gasteiger partial charge in [-0.15, -0.1) is 0 Å². The van der Waals surface area contributed by atoms with E-state index in [2.05, 4.69) is 10.1 Å². The highest BCUT2D eigenvalue weighted by molar-refractivity contribution is 7.86. The van der Waals surface area contributed by atoms with Crippen LogP contribution in [-0.2, 0) is 19.7 Å². The maximum absolute atomic E-state index is 11.2. The van der Waals surface area contributed by atoms with Crippen molar-refractivity contribution < 1.29 is 17.1 Å². The largest absolute Gasteiger partial charge is 0.324 e. The van der Waals surface area contributed by atoms with Crippen LogP contribution in [0.3, 0.4) is 0 Å². The lowest BCUT2D eigenvalue weighted by molar-refractivity contribution is 0.140. The van der Waals surface area contributed by atoms with Crippen molar-refractivity contribution in [2.45, 2.75) is 52.1 Å². The van der Waals surface area contributed by atoms with Crippen molar-refractivity contribution in [3.05, 3.63) is 5.82 Å². The Morgan fingerprint density at radius 3 is 2.36 bits per heavy atom. The predicted octanol–water partition coefficient (Wildman–Crippen LogP) is 1.95. The van der Waals surface area contributed by atoms with Crippen molar-refractivity contribution in [1.29, 1.82) is 0 Å². The summed E-state index contributed by atoms with van der Waals surface area (Å²) in [6, 6.07) is 0.542. The lowest BCUT2D eigenvalue weighted by atomic mass is 9.92. The minimum Gasteiger partial charge on any atom is -0.324 e. The Morgan fingerprint density at radius 1 is 1.32 bits per heavy atom. The molecule has 0 radical (unpaired) electrons.